The number of amides is 2. The number of carbonyl (C=O) groups excluding carboxylic acids is 2. The molecule has 0 saturated carbocycles. The highest BCUT2D eigenvalue weighted by atomic mass is 19.4. The van der Waals surface area contributed by atoms with E-state index in [1.165, 1.54) is 0 Å². The van der Waals surface area contributed by atoms with E-state index in [0.29, 0.717) is 42.9 Å². The summed E-state index contributed by atoms with van der Waals surface area (Å²) in [6, 6.07) is 4.45. The van der Waals surface area contributed by atoms with Crippen LogP contribution in [0.3, 0.4) is 0 Å². The lowest BCUT2D eigenvalue weighted by atomic mass is 9.86. The predicted molar refractivity (Wildman–Crippen MR) is 131 cm³/mol. The third-order valence-electron chi connectivity index (χ3n) is 6.20. The molecule has 0 bridgehead atoms. The van der Waals surface area contributed by atoms with Crippen LogP contribution in [0.1, 0.15) is 66.9 Å². The molecule has 35 heavy (non-hydrogen) atoms. The molecule has 198 valence electrons. The van der Waals surface area contributed by atoms with Crippen LogP contribution in [0.15, 0.2) is 18.2 Å². The second-order valence-electron chi connectivity index (χ2n) is 11.3. The van der Waals surface area contributed by atoms with Gasteiger partial charge in [-0.25, -0.2) is 4.79 Å². The third kappa shape index (κ3) is 8.21. The molecule has 1 fully saturated rings. The van der Waals surface area contributed by atoms with Crippen molar-refractivity contribution in [3.63, 3.8) is 0 Å². The average Bonchev–Trinajstić information content (AvgIpc) is 2.70. The Labute approximate surface area is 206 Å². The fourth-order valence-electron chi connectivity index (χ4n) is 3.81. The second kappa shape index (κ2) is 10.5. The van der Waals surface area contributed by atoms with Crippen LogP contribution >= 0.6 is 0 Å². The standard InChI is InChI=1S/C25H39F3N4O3/c1-16(23(2,3)4)32(21(33)25(26,27)28)15-17-8-9-20(19(29)14-17)30-18-10-12-31(13-11-18)22(34)35-24(5,6)7/h8-9,14,16,18,30H,10-13,15,29H2,1-7H3. The van der Waals surface area contributed by atoms with Crippen LogP contribution in [0, 0.1) is 5.41 Å². The van der Waals surface area contributed by atoms with E-state index in [0.717, 1.165) is 4.90 Å². The van der Waals surface area contributed by atoms with Crippen molar-refractivity contribution in [2.75, 3.05) is 24.1 Å². The minimum absolute atomic E-state index is 0.0889. The number of hydrogen-bond donors (Lipinski definition) is 2. The van der Waals surface area contributed by atoms with Gasteiger partial charge in [-0.2, -0.15) is 13.2 Å². The van der Waals surface area contributed by atoms with Crippen molar-refractivity contribution in [2.45, 2.75) is 91.7 Å². The van der Waals surface area contributed by atoms with Gasteiger partial charge in [0.2, 0.25) is 0 Å². The van der Waals surface area contributed by atoms with Gasteiger partial charge >= 0.3 is 18.2 Å². The van der Waals surface area contributed by atoms with E-state index in [2.05, 4.69) is 5.32 Å². The molecule has 1 heterocycles. The van der Waals surface area contributed by atoms with E-state index in [1.807, 2.05) is 20.8 Å². The Kier molecular flexibility index (Phi) is 8.61. The first-order valence-corrected chi connectivity index (χ1v) is 11.9. The van der Waals surface area contributed by atoms with E-state index in [9.17, 15) is 22.8 Å². The van der Waals surface area contributed by atoms with E-state index in [4.69, 9.17) is 10.5 Å². The van der Waals surface area contributed by atoms with Crippen molar-refractivity contribution in [2.24, 2.45) is 5.41 Å². The molecular formula is C25H39F3N4O3. The van der Waals surface area contributed by atoms with Crippen LogP contribution in [0.2, 0.25) is 0 Å². The summed E-state index contributed by atoms with van der Waals surface area (Å²) >= 11 is 0. The summed E-state index contributed by atoms with van der Waals surface area (Å²) in [6.45, 7) is 13.4. The number of nitrogen functional groups attached to an aromatic ring is 1. The van der Waals surface area contributed by atoms with Gasteiger partial charge in [-0.1, -0.05) is 26.8 Å². The molecule has 1 unspecified atom stereocenters. The number of carbonyl (C=O) groups is 2. The van der Waals surface area contributed by atoms with Gasteiger partial charge in [0, 0.05) is 31.7 Å². The van der Waals surface area contributed by atoms with Gasteiger partial charge in [0.25, 0.3) is 0 Å². The van der Waals surface area contributed by atoms with E-state index in [-0.39, 0.29) is 18.7 Å². The summed E-state index contributed by atoms with van der Waals surface area (Å²) in [5, 5.41) is 3.37. The highest BCUT2D eigenvalue weighted by Crippen LogP contribution is 2.31. The molecule has 1 aliphatic rings. The summed E-state index contributed by atoms with van der Waals surface area (Å²) in [5.41, 5.74) is 6.70. The molecule has 2 amide bonds. The number of likely N-dealkylation sites (tertiary alicyclic amines) is 1. The molecule has 7 nitrogen and oxygen atoms in total. The first-order valence-electron chi connectivity index (χ1n) is 11.9. The van der Waals surface area contributed by atoms with E-state index < -0.39 is 29.1 Å². The summed E-state index contributed by atoms with van der Waals surface area (Å²) in [5.74, 6) is -1.86. The van der Waals surface area contributed by atoms with Crippen molar-refractivity contribution >= 4 is 23.4 Å². The average molecular weight is 501 g/mol. The third-order valence-corrected chi connectivity index (χ3v) is 6.20. The Hall–Kier alpha value is -2.65. The van der Waals surface area contributed by atoms with Crippen LogP contribution in [0.5, 0.6) is 0 Å². The highest BCUT2D eigenvalue weighted by Gasteiger charge is 2.45. The van der Waals surface area contributed by atoms with Crippen molar-refractivity contribution < 1.29 is 27.5 Å². The molecule has 3 N–H and O–H groups in total. The summed E-state index contributed by atoms with van der Waals surface area (Å²) in [6.07, 6.45) is -3.88. The van der Waals surface area contributed by atoms with Crippen LogP contribution in [0.4, 0.5) is 29.3 Å². The van der Waals surface area contributed by atoms with Gasteiger partial charge in [-0.3, -0.25) is 4.79 Å². The minimum atomic E-state index is -4.96. The lowest BCUT2D eigenvalue weighted by Gasteiger charge is -2.38. The van der Waals surface area contributed by atoms with Crippen LogP contribution in [-0.4, -0.2) is 58.8 Å². The van der Waals surface area contributed by atoms with Crippen LogP contribution < -0.4 is 11.1 Å². The molecule has 1 aromatic rings. The Morgan fingerprint density at radius 2 is 1.71 bits per heavy atom. The SMILES string of the molecule is CC(N(Cc1ccc(NC2CCN(C(=O)OC(C)(C)C)CC2)c(N)c1)C(=O)C(F)(F)F)C(C)(C)C. The number of piperidine rings is 1. The first kappa shape index (κ1) is 28.6. The number of ether oxygens (including phenoxy) is 1. The molecule has 1 aliphatic heterocycles. The fraction of sp³-hybridized carbons (Fsp3) is 0.680. The summed E-state index contributed by atoms with van der Waals surface area (Å²) < 4.78 is 45.2. The number of rotatable bonds is 5. The highest BCUT2D eigenvalue weighted by molar-refractivity contribution is 5.82. The van der Waals surface area contributed by atoms with Gasteiger partial charge in [0.15, 0.2) is 0 Å². The monoisotopic (exact) mass is 500 g/mol. The molecule has 0 aromatic heterocycles. The maximum Gasteiger partial charge on any atom is 0.471 e. The molecule has 1 saturated heterocycles. The van der Waals surface area contributed by atoms with Crippen molar-refractivity contribution in [3.8, 4) is 0 Å². The smallest absolute Gasteiger partial charge is 0.444 e. The Balaban J connectivity index is 2.06. The van der Waals surface area contributed by atoms with Crippen molar-refractivity contribution in [1.82, 2.24) is 9.80 Å². The summed E-state index contributed by atoms with van der Waals surface area (Å²) in [7, 11) is 0. The van der Waals surface area contributed by atoms with Crippen LogP contribution in [-0.2, 0) is 16.1 Å². The molecule has 0 radical (unpaired) electrons. The number of halogens is 3. The predicted octanol–water partition coefficient (Wildman–Crippen LogP) is 5.41. The second-order valence-corrected chi connectivity index (χ2v) is 11.3. The van der Waals surface area contributed by atoms with Gasteiger partial charge in [0.05, 0.1) is 11.4 Å². The Bertz CT molecular complexity index is 899. The molecular weight excluding hydrogens is 461 g/mol. The minimum Gasteiger partial charge on any atom is -0.444 e. The fourth-order valence-corrected chi connectivity index (χ4v) is 3.81. The van der Waals surface area contributed by atoms with Gasteiger partial charge in [-0.15, -0.1) is 0 Å². The number of nitrogens with zero attached hydrogens (tertiary/aromatic N) is 2. The number of nitrogens with one attached hydrogen (secondary N) is 1. The maximum atomic E-state index is 13.3. The summed E-state index contributed by atoms with van der Waals surface area (Å²) in [4.78, 5) is 26.9. The number of nitrogens with two attached hydrogens (primary N) is 1. The lowest BCUT2D eigenvalue weighted by Crippen LogP contribution is -2.50. The number of benzene rings is 1. The zero-order valence-corrected chi connectivity index (χ0v) is 21.8. The van der Waals surface area contributed by atoms with Gasteiger partial charge in [0.1, 0.15) is 5.60 Å². The van der Waals surface area contributed by atoms with Crippen molar-refractivity contribution in [1.29, 1.82) is 0 Å². The normalized spacial score (nSPS) is 16.6. The zero-order valence-electron chi connectivity index (χ0n) is 21.8. The first-order chi connectivity index (χ1) is 15.9. The molecule has 1 aromatic carbocycles. The molecule has 1 atom stereocenters. The van der Waals surface area contributed by atoms with E-state index in [1.54, 1.807) is 50.8 Å². The lowest BCUT2D eigenvalue weighted by molar-refractivity contribution is -0.190. The van der Waals surface area contributed by atoms with Gasteiger partial charge in [-0.05, 0) is 63.6 Å². The van der Waals surface area contributed by atoms with Gasteiger partial charge < -0.3 is 25.6 Å². The maximum absolute atomic E-state index is 13.3. The van der Waals surface area contributed by atoms with Crippen LogP contribution in [0.25, 0.3) is 0 Å². The largest absolute Gasteiger partial charge is 0.471 e. The molecule has 0 aliphatic carbocycles. The number of hydrogen-bond acceptors (Lipinski definition) is 5. The van der Waals surface area contributed by atoms with E-state index >= 15 is 0 Å². The number of alkyl halides is 3. The Morgan fingerprint density at radius 1 is 1.14 bits per heavy atom. The molecule has 2 rings (SSSR count). The zero-order chi connectivity index (χ0) is 26.8. The molecule has 0 spiro atoms. The quantitative estimate of drug-likeness (QED) is 0.528. The topological polar surface area (TPSA) is 87.9 Å². The Morgan fingerprint density at radius 3 is 2.17 bits per heavy atom. The van der Waals surface area contributed by atoms with Crippen molar-refractivity contribution in [3.05, 3.63) is 23.8 Å². The molecule has 10 heteroatoms. The number of anilines is 2.